The second-order valence-corrected chi connectivity index (χ2v) is 8.61. The van der Waals surface area contributed by atoms with Gasteiger partial charge in [0.1, 0.15) is 17.4 Å². The Bertz CT molecular complexity index is 1010. The van der Waals surface area contributed by atoms with Crippen LogP contribution in [0.1, 0.15) is 58.3 Å². The number of aryl methyl sites for hydroxylation is 3. The first-order valence-electron chi connectivity index (χ1n) is 10.5. The minimum absolute atomic E-state index is 0.0625. The monoisotopic (exact) mass is 425 g/mol. The predicted molar refractivity (Wildman–Crippen MR) is 116 cm³/mol. The molecule has 1 N–H and O–H groups in total. The van der Waals surface area contributed by atoms with Crippen LogP contribution in [0.2, 0.25) is 0 Å². The van der Waals surface area contributed by atoms with Crippen LogP contribution in [0.15, 0.2) is 33.7 Å². The zero-order valence-corrected chi connectivity index (χ0v) is 18.3. The van der Waals surface area contributed by atoms with E-state index in [1.165, 1.54) is 19.3 Å². The molecule has 0 radical (unpaired) electrons. The van der Waals surface area contributed by atoms with E-state index < -0.39 is 0 Å². The number of aromatic nitrogens is 4. The van der Waals surface area contributed by atoms with Crippen molar-refractivity contribution < 1.29 is 9.32 Å². The standard InChI is InChI=1S/C22H27N5O2S/c1-15-18(16(2)29-26-15)14-30-19-9-6-5-8-17(19)22(28)23-12-11-21-25-24-20-10-4-3-7-13-27(20)21/h5-6,8-9H,3-4,7,10-14H2,1-2H3,(H,23,28). The number of fused-ring (bicyclic) bond motifs is 1. The highest BCUT2D eigenvalue weighted by Crippen LogP contribution is 2.28. The van der Waals surface area contributed by atoms with E-state index in [1.807, 2.05) is 38.1 Å². The van der Waals surface area contributed by atoms with E-state index in [0.717, 1.165) is 52.3 Å². The van der Waals surface area contributed by atoms with Gasteiger partial charge in [0.25, 0.3) is 5.91 Å². The van der Waals surface area contributed by atoms with Crippen molar-refractivity contribution in [2.75, 3.05) is 6.54 Å². The molecular weight excluding hydrogens is 398 g/mol. The first-order valence-corrected chi connectivity index (χ1v) is 11.4. The average Bonchev–Trinajstić information content (AvgIpc) is 3.18. The Balaban J connectivity index is 1.37. The molecule has 1 aliphatic heterocycles. The van der Waals surface area contributed by atoms with Gasteiger partial charge in [-0.3, -0.25) is 4.79 Å². The highest BCUT2D eigenvalue weighted by atomic mass is 32.2. The van der Waals surface area contributed by atoms with Gasteiger partial charge in [-0.05, 0) is 38.8 Å². The van der Waals surface area contributed by atoms with Crippen LogP contribution in [0, 0.1) is 13.8 Å². The molecule has 7 nitrogen and oxygen atoms in total. The van der Waals surface area contributed by atoms with Crippen LogP contribution in [-0.2, 0) is 25.1 Å². The highest BCUT2D eigenvalue weighted by molar-refractivity contribution is 7.98. The minimum atomic E-state index is -0.0625. The molecule has 0 bridgehead atoms. The maximum absolute atomic E-state index is 12.8. The van der Waals surface area contributed by atoms with Crippen molar-refractivity contribution in [3.05, 3.63) is 58.5 Å². The molecule has 3 aromatic rings. The lowest BCUT2D eigenvalue weighted by molar-refractivity contribution is 0.0951. The summed E-state index contributed by atoms with van der Waals surface area (Å²) in [5.41, 5.74) is 2.67. The summed E-state index contributed by atoms with van der Waals surface area (Å²) in [4.78, 5) is 13.8. The number of thioether (sulfide) groups is 1. The number of carbonyl (C=O) groups excluding carboxylic acids is 1. The normalized spacial score (nSPS) is 13.7. The molecule has 0 spiro atoms. The summed E-state index contributed by atoms with van der Waals surface area (Å²) in [5.74, 6) is 3.53. The van der Waals surface area contributed by atoms with E-state index in [9.17, 15) is 4.79 Å². The lowest BCUT2D eigenvalue weighted by atomic mass is 10.2. The van der Waals surface area contributed by atoms with Crippen LogP contribution in [0.5, 0.6) is 0 Å². The summed E-state index contributed by atoms with van der Waals surface area (Å²) < 4.78 is 7.47. The summed E-state index contributed by atoms with van der Waals surface area (Å²) in [6.45, 7) is 5.38. The van der Waals surface area contributed by atoms with Crippen LogP contribution in [0.25, 0.3) is 0 Å². The molecule has 1 aromatic carbocycles. The van der Waals surface area contributed by atoms with E-state index in [-0.39, 0.29) is 5.91 Å². The third-order valence-electron chi connectivity index (χ3n) is 5.51. The molecule has 0 fully saturated rings. The Hall–Kier alpha value is -2.61. The number of carbonyl (C=O) groups is 1. The number of rotatable bonds is 7. The molecule has 0 saturated heterocycles. The number of nitrogens with zero attached hydrogens (tertiary/aromatic N) is 4. The molecule has 0 saturated carbocycles. The van der Waals surface area contributed by atoms with Crippen LogP contribution in [-0.4, -0.2) is 32.4 Å². The Morgan fingerprint density at radius 2 is 2.07 bits per heavy atom. The smallest absolute Gasteiger partial charge is 0.252 e. The second kappa shape index (κ2) is 9.47. The molecule has 1 amide bonds. The maximum Gasteiger partial charge on any atom is 0.252 e. The van der Waals surface area contributed by atoms with Crippen molar-refractivity contribution in [2.45, 2.75) is 63.1 Å². The van der Waals surface area contributed by atoms with Gasteiger partial charge in [-0.25, -0.2) is 0 Å². The molecule has 0 atom stereocenters. The Labute approximate surface area is 180 Å². The maximum atomic E-state index is 12.8. The van der Waals surface area contributed by atoms with Gasteiger partial charge in [-0.2, -0.15) is 0 Å². The third-order valence-corrected chi connectivity index (χ3v) is 6.61. The van der Waals surface area contributed by atoms with E-state index in [4.69, 9.17) is 4.52 Å². The molecule has 1 aliphatic rings. The largest absolute Gasteiger partial charge is 0.361 e. The van der Waals surface area contributed by atoms with Crippen molar-refractivity contribution in [1.29, 1.82) is 0 Å². The fourth-order valence-electron chi connectivity index (χ4n) is 3.75. The van der Waals surface area contributed by atoms with Crippen molar-refractivity contribution in [1.82, 2.24) is 25.2 Å². The van der Waals surface area contributed by atoms with Gasteiger partial charge >= 0.3 is 0 Å². The minimum Gasteiger partial charge on any atom is -0.361 e. The van der Waals surface area contributed by atoms with E-state index >= 15 is 0 Å². The fourth-order valence-corrected chi connectivity index (χ4v) is 4.95. The third kappa shape index (κ3) is 4.59. The summed E-state index contributed by atoms with van der Waals surface area (Å²) in [6, 6.07) is 7.70. The summed E-state index contributed by atoms with van der Waals surface area (Å²) in [6.07, 6.45) is 5.27. The Morgan fingerprint density at radius 3 is 2.90 bits per heavy atom. The molecular formula is C22H27N5O2S. The molecule has 3 heterocycles. The summed E-state index contributed by atoms with van der Waals surface area (Å²) in [7, 11) is 0. The van der Waals surface area contributed by atoms with Crippen LogP contribution >= 0.6 is 11.8 Å². The molecule has 8 heteroatoms. The van der Waals surface area contributed by atoms with Crippen LogP contribution < -0.4 is 5.32 Å². The fraction of sp³-hybridized carbons (Fsp3) is 0.455. The van der Waals surface area contributed by atoms with E-state index in [2.05, 4.69) is 25.2 Å². The predicted octanol–water partition coefficient (Wildman–Crippen LogP) is 3.87. The SMILES string of the molecule is Cc1noc(C)c1CSc1ccccc1C(=O)NCCc1nnc2n1CCCCC2. The van der Waals surface area contributed by atoms with Gasteiger partial charge in [-0.1, -0.05) is 23.7 Å². The first kappa shape index (κ1) is 20.7. The van der Waals surface area contributed by atoms with Gasteiger partial charge in [0.05, 0.1) is 11.3 Å². The highest BCUT2D eigenvalue weighted by Gasteiger charge is 2.16. The first-order chi connectivity index (χ1) is 14.6. The lowest BCUT2D eigenvalue weighted by Crippen LogP contribution is -2.27. The summed E-state index contributed by atoms with van der Waals surface area (Å²) in [5, 5.41) is 15.7. The van der Waals surface area contributed by atoms with Crippen molar-refractivity contribution in [3.63, 3.8) is 0 Å². The Morgan fingerprint density at radius 1 is 1.20 bits per heavy atom. The van der Waals surface area contributed by atoms with Crippen molar-refractivity contribution >= 4 is 17.7 Å². The number of hydrogen-bond acceptors (Lipinski definition) is 6. The lowest BCUT2D eigenvalue weighted by Gasteiger charge is -2.11. The van der Waals surface area contributed by atoms with Gasteiger partial charge in [-0.15, -0.1) is 22.0 Å². The quantitative estimate of drug-likeness (QED) is 0.578. The van der Waals surface area contributed by atoms with Crippen molar-refractivity contribution in [3.8, 4) is 0 Å². The van der Waals surface area contributed by atoms with Crippen LogP contribution in [0.3, 0.4) is 0 Å². The van der Waals surface area contributed by atoms with E-state index in [1.54, 1.807) is 11.8 Å². The Kier molecular flexibility index (Phi) is 6.52. The average molecular weight is 426 g/mol. The van der Waals surface area contributed by atoms with Gasteiger partial charge in [0.15, 0.2) is 0 Å². The number of benzene rings is 1. The molecule has 0 aliphatic carbocycles. The van der Waals surface area contributed by atoms with Gasteiger partial charge in [0, 0.05) is 42.1 Å². The zero-order chi connectivity index (χ0) is 20.9. The molecule has 2 aromatic heterocycles. The van der Waals surface area contributed by atoms with Crippen molar-refractivity contribution in [2.24, 2.45) is 0 Å². The van der Waals surface area contributed by atoms with E-state index in [0.29, 0.717) is 18.5 Å². The molecule has 30 heavy (non-hydrogen) atoms. The molecule has 0 unspecified atom stereocenters. The second-order valence-electron chi connectivity index (χ2n) is 7.59. The molecule has 4 rings (SSSR count). The number of nitrogens with one attached hydrogen (secondary N) is 1. The topological polar surface area (TPSA) is 85.8 Å². The number of amides is 1. The van der Waals surface area contributed by atoms with Gasteiger partial charge in [0.2, 0.25) is 0 Å². The van der Waals surface area contributed by atoms with Crippen LogP contribution in [0.4, 0.5) is 0 Å². The number of hydrogen-bond donors (Lipinski definition) is 1. The summed E-state index contributed by atoms with van der Waals surface area (Å²) >= 11 is 1.63. The molecule has 158 valence electrons. The van der Waals surface area contributed by atoms with Gasteiger partial charge < -0.3 is 14.4 Å². The zero-order valence-electron chi connectivity index (χ0n) is 17.5.